The minimum absolute atomic E-state index is 0.171. The van der Waals surface area contributed by atoms with Crippen molar-refractivity contribution in [3.05, 3.63) is 0 Å². The van der Waals surface area contributed by atoms with Gasteiger partial charge in [-0.3, -0.25) is 0 Å². The Labute approximate surface area is 86.3 Å². The molecule has 5 heteroatoms. The number of rotatable bonds is 5. The van der Waals surface area contributed by atoms with Gasteiger partial charge in [-0.2, -0.15) is 0 Å². The van der Waals surface area contributed by atoms with E-state index in [4.69, 9.17) is 9.79 Å². The zero-order valence-electron chi connectivity index (χ0n) is 9.61. The number of nitrogens with one attached hydrogen (secondary N) is 1. The van der Waals surface area contributed by atoms with Gasteiger partial charge in [-0.05, 0) is 18.8 Å². The van der Waals surface area contributed by atoms with Gasteiger partial charge in [0.05, 0.1) is 0 Å². The van der Waals surface area contributed by atoms with Crippen molar-refractivity contribution in [1.82, 2.24) is 5.09 Å². The standard InChI is InChI=1S/C9H22NO3P/c1-6-8(4)9(5,7(2)3)10-14(11,12)13/h7-8H,6H2,1-5H3,(H3,10,11,12,13). The van der Waals surface area contributed by atoms with E-state index in [1.807, 2.05) is 34.6 Å². The summed E-state index contributed by atoms with van der Waals surface area (Å²) in [7, 11) is -4.16. The highest BCUT2D eigenvalue weighted by atomic mass is 31.2. The Bertz CT molecular complexity index is 226. The van der Waals surface area contributed by atoms with Gasteiger partial charge in [0.2, 0.25) is 0 Å². The third kappa shape index (κ3) is 3.70. The molecular weight excluding hydrogens is 201 g/mol. The molecule has 0 aromatic heterocycles. The van der Waals surface area contributed by atoms with Crippen molar-refractivity contribution in [3.63, 3.8) is 0 Å². The minimum atomic E-state index is -4.16. The third-order valence-electron chi connectivity index (χ3n) is 3.22. The molecule has 0 spiro atoms. The average molecular weight is 223 g/mol. The molecule has 0 aliphatic rings. The third-order valence-corrected chi connectivity index (χ3v) is 4.00. The highest BCUT2D eigenvalue weighted by Gasteiger charge is 2.38. The lowest BCUT2D eigenvalue weighted by molar-refractivity contribution is 0.184. The molecule has 0 fully saturated rings. The van der Waals surface area contributed by atoms with Gasteiger partial charge in [0.15, 0.2) is 0 Å². The summed E-state index contributed by atoms with van der Waals surface area (Å²) >= 11 is 0. The van der Waals surface area contributed by atoms with Crippen LogP contribution in [0.3, 0.4) is 0 Å². The van der Waals surface area contributed by atoms with E-state index >= 15 is 0 Å². The molecular formula is C9H22NO3P. The van der Waals surface area contributed by atoms with Gasteiger partial charge in [0.1, 0.15) is 0 Å². The van der Waals surface area contributed by atoms with Crippen molar-refractivity contribution in [2.75, 3.05) is 0 Å². The molecule has 2 atom stereocenters. The van der Waals surface area contributed by atoms with Gasteiger partial charge in [-0.25, -0.2) is 9.65 Å². The molecule has 0 amide bonds. The van der Waals surface area contributed by atoms with Crippen LogP contribution < -0.4 is 5.09 Å². The van der Waals surface area contributed by atoms with Crippen LogP contribution >= 0.6 is 7.75 Å². The van der Waals surface area contributed by atoms with Crippen LogP contribution in [0.15, 0.2) is 0 Å². The van der Waals surface area contributed by atoms with Crippen molar-refractivity contribution in [3.8, 4) is 0 Å². The van der Waals surface area contributed by atoms with Crippen LogP contribution in [0.5, 0.6) is 0 Å². The van der Waals surface area contributed by atoms with E-state index < -0.39 is 13.3 Å². The molecule has 4 nitrogen and oxygen atoms in total. The predicted molar refractivity (Wildman–Crippen MR) is 57.9 cm³/mol. The molecule has 0 aliphatic heterocycles. The van der Waals surface area contributed by atoms with Gasteiger partial charge < -0.3 is 9.79 Å². The maximum atomic E-state index is 11.0. The molecule has 0 aliphatic carbocycles. The Morgan fingerprint density at radius 3 is 2.00 bits per heavy atom. The molecule has 0 radical (unpaired) electrons. The first-order valence-electron chi connectivity index (χ1n) is 4.98. The van der Waals surface area contributed by atoms with Crippen LogP contribution in [0.1, 0.15) is 41.0 Å². The summed E-state index contributed by atoms with van der Waals surface area (Å²) in [4.78, 5) is 17.9. The van der Waals surface area contributed by atoms with Crippen LogP contribution in [0.25, 0.3) is 0 Å². The Balaban J connectivity index is 4.82. The Hall–Kier alpha value is 0.110. The normalized spacial score (nSPS) is 19.4. The van der Waals surface area contributed by atoms with Crippen molar-refractivity contribution in [1.29, 1.82) is 0 Å². The van der Waals surface area contributed by atoms with Crippen molar-refractivity contribution < 1.29 is 14.4 Å². The monoisotopic (exact) mass is 223 g/mol. The quantitative estimate of drug-likeness (QED) is 0.624. The van der Waals surface area contributed by atoms with E-state index in [9.17, 15) is 4.57 Å². The molecule has 0 aromatic rings. The second kappa shape index (κ2) is 4.75. The van der Waals surface area contributed by atoms with Gasteiger partial charge >= 0.3 is 7.75 Å². The van der Waals surface area contributed by atoms with Gasteiger partial charge in [0, 0.05) is 5.54 Å². The van der Waals surface area contributed by atoms with Crippen molar-refractivity contribution in [2.45, 2.75) is 46.6 Å². The zero-order chi connectivity index (χ0) is 11.6. The molecule has 2 unspecified atom stereocenters. The maximum absolute atomic E-state index is 11.0. The Kier molecular flexibility index (Phi) is 4.79. The molecule has 14 heavy (non-hydrogen) atoms. The molecule has 0 aromatic carbocycles. The van der Waals surface area contributed by atoms with Crippen LogP contribution in [-0.2, 0) is 4.57 Å². The molecule has 0 saturated carbocycles. The lowest BCUT2D eigenvalue weighted by atomic mass is 9.77. The minimum Gasteiger partial charge on any atom is -0.313 e. The van der Waals surface area contributed by atoms with Gasteiger partial charge in [-0.1, -0.05) is 34.1 Å². The zero-order valence-corrected chi connectivity index (χ0v) is 10.5. The molecule has 0 saturated heterocycles. The highest BCUT2D eigenvalue weighted by Crippen LogP contribution is 2.39. The van der Waals surface area contributed by atoms with Crippen LogP contribution in [0.4, 0.5) is 0 Å². The van der Waals surface area contributed by atoms with E-state index in [1.165, 1.54) is 0 Å². The largest absolute Gasteiger partial charge is 0.400 e. The first-order valence-corrected chi connectivity index (χ1v) is 6.59. The fourth-order valence-corrected chi connectivity index (χ4v) is 2.65. The van der Waals surface area contributed by atoms with Crippen LogP contribution in [0.2, 0.25) is 0 Å². The average Bonchev–Trinajstić information content (AvgIpc) is 1.99. The van der Waals surface area contributed by atoms with Crippen molar-refractivity contribution >= 4 is 7.75 Å². The Morgan fingerprint density at radius 2 is 1.79 bits per heavy atom. The second-order valence-electron chi connectivity index (χ2n) is 4.40. The summed E-state index contributed by atoms with van der Waals surface area (Å²) in [6, 6.07) is 0. The molecule has 3 N–H and O–H groups in total. The number of hydrogen-bond acceptors (Lipinski definition) is 1. The van der Waals surface area contributed by atoms with E-state index in [0.717, 1.165) is 6.42 Å². The molecule has 0 rings (SSSR count). The summed E-state index contributed by atoms with van der Waals surface area (Å²) < 4.78 is 11.0. The van der Waals surface area contributed by atoms with Crippen LogP contribution in [-0.4, -0.2) is 15.3 Å². The lowest BCUT2D eigenvalue weighted by Crippen LogP contribution is -2.50. The SMILES string of the molecule is CCC(C)C(C)(NP(=O)(O)O)C(C)C. The number of hydrogen-bond donors (Lipinski definition) is 3. The Morgan fingerprint density at radius 1 is 1.36 bits per heavy atom. The lowest BCUT2D eigenvalue weighted by Gasteiger charge is -2.40. The van der Waals surface area contributed by atoms with Gasteiger partial charge in [-0.15, -0.1) is 0 Å². The summed E-state index contributed by atoms with van der Waals surface area (Å²) in [5, 5.41) is 2.45. The fraction of sp³-hybridized carbons (Fsp3) is 1.00. The molecule has 0 heterocycles. The van der Waals surface area contributed by atoms with E-state index in [-0.39, 0.29) is 11.8 Å². The first kappa shape index (κ1) is 14.1. The predicted octanol–water partition coefficient (Wildman–Crippen LogP) is 2.13. The summed E-state index contributed by atoms with van der Waals surface area (Å²) in [5.41, 5.74) is -0.520. The van der Waals surface area contributed by atoms with E-state index in [0.29, 0.717) is 0 Å². The van der Waals surface area contributed by atoms with Gasteiger partial charge in [0.25, 0.3) is 0 Å². The summed E-state index contributed by atoms with van der Waals surface area (Å²) in [6.07, 6.45) is 0.891. The molecule has 86 valence electrons. The maximum Gasteiger partial charge on any atom is 0.400 e. The summed E-state index contributed by atoms with van der Waals surface area (Å²) in [5.74, 6) is 0.389. The van der Waals surface area contributed by atoms with Crippen LogP contribution in [0, 0.1) is 11.8 Å². The van der Waals surface area contributed by atoms with E-state index in [2.05, 4.69) is 5.09 Å². The second-order valence-corrected chi connectivity index (χ2v) is 5.71. The first-order chi connectivity index (χ1) is 6.13. The summed E-state index contributed by atoms with van der Waals surface area (Å²) in [6.45, 7) is 9.82. The molecule has 0 bridgehead atoms. The topological polar surface area (TPSA) is 69.6 Å². The smallest absolute Gasteiger partial charge is 0.313 e. The highest BCUT2D eigenvalue weighted by molar-refractivity contribution is 7.49. The van der Waals surface area contributed by atoms with Crippen molar-refractivity contribution in [2.24, 2.45) is 11.8 Å². The van der Waals surface area contributed by atoms with E-state index in [1.54, 1.807) is 0 Å². The fourth-order valence-electron chi connectivity index (χ4n) is 1.55.